The number of rotatable bonds is 6. The fourth-order valence-electron chi connectivity index (χ4n) is 3.56. The summed E-state index contributed by atoms with van der Waals surface area (Å²) in [6.07, 6.45) is 3.27. The summed E-state index contributed by atoms with van der Waals surface area (Å²) in [4.78, 5) is 22.4. The summed E-state index contributed by atoms with van der Waals surface area (Å²) in [7, 11) is 1.70. The number of aliphatic imine (C=N–C) groups is 1. The Balaban J connectivity index is 0.00000341. The van der Waals surface area contributed by atoms with Crippen LogP contribution in [0.1, 0.15) is 29.5 Å². The van der Waals surface area contributed by atoms with Crippen molar-refractivity contribution >= 4 is 41.7 Å². The molecule has 0 radical (unpaired) electrons. The predicted octanol–water partition coefficient (Wildman–Crippen LogP) is 2.71. The second-order valence-electron chi connectivity index (χ2n) is 7.51. The van der Waals surface area contributed by atoms with Gasteiger partial charge in [-0.25, -0.2) is 9.37 Å². The highest BCUT2D eigenvalue weighted by molar-refractivity contribution is 14.0. The number of anilines is 1. The average Bonchev–Trinajstić information content (AvgIpc) is 2.76. The van der Waals surface area contributed by atoms with E-state index in [2.05, 4.69) is 25.5 Å². The lowest BCUT2D eigenvalue weighted by molar-refractivity contribution is -0.122. The second-order valence-corrected chi connectivity index (χ2v) is 7.51. The summed E-state index contributed by atoms with van der Waals surface area (Å²) in [5.74, 6) is 1.04. The van der Waals surface area contributed by atoms with Gasteiger partial charge in [-0.15, -0.1) is 24.0 Å². The van der Waals surface area contributed by atoms with Crippen molar-refractivity contribution in [3.63, 3.8) is 0 Å². The van der Waals surface area contributed by atoms with Crippen LogP contribution in [0, 0.1) is 18.7 Å². The van der Waals surface area contributed by atoms with Gasteiger partial charge in [0.15, 0.2) is 5.96 Å². The molecule has 31 heavy (non-hydrogen) atoms. The summed E-state index contributed by atoms with van der Waals surface area (Å²) in [6.45, 7) is 4.26. The van der Waals surface area contributed by atoms with Crippen LogP contribution in [0.25, 0.3) is 0 Å². The van der Waals surface area contributed by atoms with Crippen LogP contribution in [0.2, 0.25) is 0 Å². The Kier molecular flexibility index (Phi) is 9.47. The molecule has 1 aliphatic rings. The average molecular weight is 540 g/mol. The number of hydrogen-bond acceptors (Lipinski definition) is 4. The monoisotopic (exact) mass is 540 g/mol. The Morgan fingerprint density at radius 2 is 1.97 bits per heavy atom. The van der Waals surface area contributed by atoms with E-state index in [0.717, 1.165) is 42.9 Å². The number of carbonyl (C=O) groups excluding carboxylic acids is 1. The molecule has 3 rings (SSSR count). The number of amides is 1. The zero-order valence-electron chi connectivity index (χ0n) is 17.9. The Morgan fingerprint density at radius 3 is 2.61 bits per heavy atom. The molecule has 2 aromatic rings. The van der Waals surface area contributed by atoms with E-state index in [9.17, 15) is 9.18 Å². The first-order chi connectivity index (χ1) is 14.5. The summed E-state index contributed by atoms with van der Waals surface area (Å²) >= 11 is 0. The molecule has 0 spiro atoms. The van der Waals surface area contributed by atoms with Crippen molar-refractivity contribution in [2.24, 2.45) is 16.6 Å². The maximum absolute atomic E-state index is 13.7. The Labute approximate surface area is 199 Å². The third-order valence-corrected chi connectivity index (χ3v) is 5.43. The standard InChI is InChI=1S/C22H29FN6O.HI/c1-15-5-6-16(12-19(15)23)13-27-22(25-2)28-14-18-4-3-9-26-21(18)29-10-7-17(8-11-29)20(24)30;/h3-6,9,12,17H,7-8,10-11,13-14H2,1-2H3,(H2,24,30)(H2,25,27,28);1H. The van der Waals surface area contributed by atoms with E-state index in [1.807, 2.05) is 18.2 Å². The van der Waals surface area contributed by atoms with E-state index < -0.39 is 0 Å². The minimum absolute atomic E-state index is 0. The van der Waals surface area contributed by atoms with Crippen molar-refractivity contribution in [3.05, 3.63) is 59.0 Å². The van der Waals surface area contributed by atoms with Crippen molar-refractivity contribution in [2.75, 3.05) is 25.0 Å². The van der Waals surface area contributed by atoms with Gasteiger partial charge in [-0.3, -0.25) is 9.79 Å². The number of aromatic nitrogens is 1. The Bertz CT molecular complexity index is 915. The molecule has 1 amide bonds. The molecule has 4 N–H and O–H groups in total. The molecule has 1 fully saturated rings. The molecule has 0 aliphatic carbocycles. The van der Waals surface area contributed by atoms with E-state index in [1.165, 1.54) is 6.07 Å². The summed E-state index contributed by atoms with van der Waals surface area (Å²) < 4.78 is 13.7. The maximum Gasteiger partial charge on any atom is 0.220 e. The minimum atomic E-state index is -0.221. The number of halogens is 2. The number of nitrogens with zero attached hydrogens (tertiary/aromatic N) is 3. The molecule has 0 unspecified atom stereocenters. The van der Waals surface area contributed by atoms with Crippen LogP contribution in [0.5, 0.6) is 0 Å². The lowest BCUT2D eigenvalue weighted by Gasteiger charge is -2.32. The van der Waals surface area contributed by atoms with Crippen molar-refractivity contribution in [2.45, 2.75) is 32.9 Å². The van der Waals surface area contributed by atoms with Gasteiger partial charge < -0.3 is 21.3 Å². The highest BCUT2D eigenvalue weighted by atomic mass is 127. The summed E-state index contributed by atoms with van der Waals surface area (Å²) in [6, 6.07) is 9.13. The van der Waals surface area contributed by atoms with Crippen LogP contribution in [0.15, 0.2) is 41.5 Å². The molecule has 9 heteroatoms. The van der Waals surface area contributed by atoms with Crippen molar-refractivity contribution in [1.29, 1.82) is 0 Å². The minimum Gasteiger partial charge on any atom is -0.369 e. The molecular weight excluding hydrogens is 510 g/mol. The zero-order chi connectivity index (χ0) is 21.5. The van der Waals surface area contributed by atoms with Crippen LogP contribution in [-0.4, -0.2) is 37.0 Å². The maximum atomic E-state index is 13.7. The number of pyridine rings is 1. The van der Waals surface area contributed by atoms with Gasteiger partial charge in [0, 0.05) is 50.9 Å². The van der Waals surface area contributed by atoms with E-state index in [0.29, 0.717) is 24.6 Å². The van der Waals surface area contributed by atoms with Gasteiger partial charge in [-0.2, -0.15) is 0 Å². The molecule has 0 atom stereocenters. The molecule has 7 nitrogen and oxygen atoms in total. The number of guanidine groups is 1. The fourth-order valence-corrected chi connectivity index (χ4v) is 3.56. The van der Waals surface area contributed by atoms with Gasteiger partial charge in [0.2, 0.25) is 5.91 Å². The smallest absolute Gasteiger partial charge is 0.220 e. The fraction of sp³-hybridized carbons (Fsp3) is 0.409. The van der Waals surface area contributed by atoms with Gasteiger partial charge in [-0.1, -0.05) is 18.2 Å². The van der Waals surface area contributed by atoms with Crippen LogP contribution in [0.4, 0.5) is 10.2 Å². The number of nitrogens with two attached hydrogens (primary N) is 1. The van der Waals surface area contributed by atoms with Crippen LogP contribution >= 0.6 is 24.0 Å². The molecular formula is C22H30FIN6O. The predicted molar refractivity (Wildman–Crippen MR) is 132 cm³/mol. The Hall–Kier alpha value is -2.43. The SMILES string of the molecule is CN=C(NCc1ccc(C)c(F)c1)NCc1cccnc1N1CCC(C(N)=O)CC1.I. The van der Waals surface area contributed by atoms with Gasteiger partial charge in [-0.05, 0) is 43.0 Å². The number of carbonyl (C=O) groups is 1. The van der Waals surface area contributed by atoms with E-state index in [4.69, 9.17) is 5.73 Å². The normalized spacial score (nSPS) is 14.7. The topological polar surface area (TPSA) is 95.6 Å². The number of aryl methyl sites for hydroxylation is 1. The quantitative estimate of drug-likeness (QED) is 0.298. The van der Waals surface area contributed by atoms with Crippen LogP contribution in [-0.2, 0) is 17.9 Å². The van der Waals surface area contributed by atoms with Gasteiger partial charge >= 0.3 is 0 Å². The lowest BCUT2D eigenvalue weighted by Crippen LogP contribution is -2.40. The number of primary amides is 1. The first-order valence-electron chi connectivity index (χ1n) is 10.2. The molecule has 1 saturated heterocycles. The van der Waals surface area contributed by atoms with E-state index in [1.54, 1.807) is 26.2 Å². The van der Waals surface area contributed by atoms with Crippen molar-refractivity contribution in [3.8, 4) is 0 Å². The Morgan fingerprint density at radius 1 is 1.26 bits per heavy atom. The largest absolute Gasteiger partial charge is 0.369 e. The van der Waals surface area contributed by atoms with E-state index in [-0.39, 0.29) is 41.6 Å². The zero-order valence-corrected chi connectivity index (χ0v) is 20.2. The van der Waals surface area contributed by atoms with Gasteiger partial charge in [0.05, 0.1) is 0 Å². The van der Waals surface area contributed by atoms with Gasteiger partial charge in [0.25, 0.3) is 0 Å². The second kappa shape index (κ2) is 11.8. The third-order valence-electron chi connectivity index (χ3n) is 5.43. The molecule has 1 aliphatic heterocycles. The molecule has 1 aromatic heterocycles. The summed E-state index contributed by atoms with van der Waals surface area (Å²) in [5.41, 5.74) is 7.96. The van der Waals surface area contributed by atoms with Gasteiger partial charge in [0.1, 0.15) is 11.6 Å². The van der Waals surface area contributed by atoms with Crippen molar-refractivity contribution < 1.29 is 9.18 Å². The van der Waals surface area contributed by atoms with E-state index >= 15 is 0 Å². The molecule has 0 bridgehead atoms. The number of hydrogen-bond donors (Lipinski definition) is 3. The van der Waals surface area contributed by atoms with Crippen molar-refractivity contribution in [1.82, 2.24) is 15.6 Å². The lowest BCUT2D eigenvalue weighted by atomic mass is 9.96. The highest BCUT2D eigenvalue weighted by Gasteiger charge is 2.24. The van der Waals surface area contributed by atoms with Crippen LogP contribution < -0.4 is 21.3 Å². The molecule has 1 aromatic carbocycles. The summed E-state index contributed by atoms with van der Waals surface area (Å²) in [5, 5.41) is 6.50. The third kappa shape index (κ3) is 6.78. The number of benzene rings is 1. The number of piperidine rings is 1. The molecule has 0 saturated carbocycles. The highest BCUT2D eigenvalue weighted by Crippen LogP contribution is 2.24. The molecule has 168 valence electrons. The first kappa shape index (κ1) is 24.8. The first-order valence-corrected chi connectivity index (χ1v) is 10.2. The molecule has 2 heterocycles. The van der Waals surface area contributed by atoms with Crippen LogP contribution in [0.3, 0.4) is 0 Å². The number of nitrogens with one attached hydrogen (secondary N) is 2.